The van der Waals surface area contributed by atoms with Crippen molar-refractivity contribution < 1.29 is 4.42 Å². The molecule has 0 aliphatic rings. The molecule has 0 spiro atoms. The highest BCUT2D eigenvalue weighted by atomic mass is 16.4. The van der Waals surface area contributed by atoms with Gasteiger partial charge in [-0.15, -0.1) is 0 Å². The van der Waals surface area contributed by atoms with Gasteiger partial charge >= 0.3 is 0 Å². The smallest absolute Gasteiger partial charge is 0.226 e. The summed E-state index contributed by atoms with van der Waals surface area (Å²) in [6.45, 7) is 2.01. The summed E-state index contributed by atoms with van der Waals surface area (Å²) in [4.78, 5) is 4.35. The summed E-state index contributed by atoms with van der Waals surface area (Å²) in [6.07, 6.45) is 5.85. The van der Waals surface area contributed by atoms with E-state index >= 15 is 0 Å². The van der Waals surface area contributed by atoms with Gasteiger partial charge in [0.2, 0.25) is 5.89 Å². The number of hydrogen-bond donors (Lipinski definition) is 0. The van der Waals surface area contributed by atoms with Crippen LogP contribution in [0.15, 0.2) is 71.3 Å². The molecule has 0 saturated heterocycles. The number of rotatable bonds is 3. The molecule has 2 heteroatoms. The summed E-state index contributed by atoms with van der Waals surface area (Å²) in [5.41, 5.74) is 3.20. The Morgan fingerprint density at radius 2 is 1.65 bits per heavy atom. The van der Waals surface area contributed by atoms with Gasteiger partial charge in [-0.25, -0.2) is 4.98 Å². The number of nitrogens with zero attached hydrogens (tertiary/aromatic N) is 1. The van der Waals surface area contributed by atoms with Crippen LogP contribution < -0.4 is 0 Å². The molecule has 0 bridgehead atoms. The SMILES string of the molecule is CC=Cc1ccc(-c2ncc(-c3ccccc3)o2)cc1. The zero-order valence-corrected chi connectivity index (χ0v) is 11.3. The third-order valence-electron chi connectivity index (χ3n) is 3.08. The largest absolute Gasteiger partial charge is 0.436 e. The maximum atomic E-state index is 5.83. The Kier molecular flexibility index (Phi) is 3.46. The van der Waals surface area contributed by atoms with Crippen LogP contribution in [0.1, 0.15) is 12.5 Å². The van der Waals surface area contributed by atoms with Crippen LogP contribution in [0.3, 0.4) is 0 Å². The van der Waals surface area contributed by atoms with Gasteiger partial charge < -0.3 is 4.42 Å². The van der Waals surface area contributed by atoms with Crippen molar-refractivity contribution in [2.45, 2.75) is 6.92 Å². The highest BCUT2D eigenvalue weighted by molar-refractivity contribution is 5.62. The Bertz CT molecular complexity index is 709. The lowest BCUT2D eigenvalue weighted by Gasteiger charge is -1.98. The van der Waals surface area contributed by atoms with E-state index < -0.39 is 0 Å². The molecule has 0 amide bonds. The first-order valence-corrected chi connectivity index (χ1v) is 6.61. The molecule has 3 aromatic rings. The molecule has 20 heavy (non-hydrogen) atoms. The number of hydrogen-bond acceptors (Lipinski definition) is 2. The second-order valence-electron chi connectivity index (χ2n) is 4.52. The Balaban J connectivity index is 1.90. The molecular formula is C18H15NO. The molecule has 0 saturated carbocycles. The van der Waals surface area contributed by atoms with Crippen molar-refractivity contribution >= 4 is 6.08 Å². The molecule has 0 aliphatic heterocycles. The zero-order chi connectivity index (χ0) is 13.8. The molecule has 2 aromatic carbocycles. The van der Waals surface area contributed by atoms with Gasteiger partial charge in [0, 0.05) is 11.1 Å². The van der Waals surface area contributed by atoms with Crippen LogP contribution in [0.5, 0.6) is 0 Å². The van der Waals surface area contributed by atoms with Crippen LogP contribution in [0, 0.1) is 0 Å². The Morgan fingerprint density at radius 3 is 2.35 bits per heavy atom. The van der Waals surface area contributed by atoms with Crippen molar-refractivity contribution in [3.63, 3.8) is 0 Å². The van der Waals surface area contributed by atoms with E-state index in [-0.39, 0.29) is 0 Å². The monoisotopic (exact) mass is 261 g/mol. The van der Waals surface area contributed by atoms with Crippen LogP contribution in [-0.4, -0.2) is 4.98 Å². The van der Waals surface area contributed by atoms with E-state index in [4.69, 9.17) is 4.42 Å². The lowest BCUT2D eigenvalue weighted by Crippen LogP contribution is -1.77. The van der Waals surface area contributed by atoms with E-state index in [9.17, 15) is 0 Å². The highest BCUT2D eigenvalue weighted by Gasteiger charge is 2.07. The van der Waals surface area contributed by atoms with Crippen molar-refractivity contribution in [3.05, 3.63) is 72.4 Å². The molecule has 1 heterocycles. The van der Waals surface area contributed by atoms with Crippen molar-refractivity contribution in [2.24, 2.45) is 0 Å². The van der Waals surface area contributed by atoms with E-state index in [1.807, 2.05) is 55.5 Å². The topological polar surface area (TPSA) is 26.0 Å². The predicted molar refractivity (Wildman–Crippen MR) is 82.1 cm³/mol. The summed E-state index contributed by atoms with van der Waals surface area (Å²) in [5, 5.41) is 0. The first-order valence-electron chi connectivity index (χ1n) is 6.61. The molecular weight excluding hydrogens is 246 g/mol. The summed E-state index contributed by atoms with van der Waals surface area (Å²) in [7, 11) is 0. The molecule has 0 fully saturated rings. The van der Waals surface area contributed by atoms with Crippen molar-refractivity contribution in [1.82, 2.24) is 4.98 Å². The maximum absolute atomic E-state index is 5.83. The fourth-order valence-corrected chi connectivity index (χ4v) is 2.07. The van der Waals surface area contributed by atoms with Gasteiger partial charge in [0.1, 0.15) is 0 Å². The maximum Gasteiger partial charge on any atom is 0.226 e. The minimum atomic E-state index is 0.649. The Morgan fingerprint density at radius 1 is 0.900 bits per heavy atom. The zero-order valence-electron chi connectivity index (χ0n) is 11.3. The van der Waals surface area contributed by atoms with Crippen molar-refractivity contribution in [1.29, 1.82) is 0 Å². The fraction of sp³-hybridized carbons (Fsp3) is 0.0556. The third-order valence-corrected chi connectivity index (χ3v) is 3.08. The van der Waals surface area contributed by atoms with E-state index in [1.165, 1.54) is 5.56 Å². The molecule has 0 unspecified atom stereocenters. The molecule has 98 valence electrons. The summed E-state index contributed by atoms with van der Waals surface area (Å²) in [6, 6.07) is 18.2. The van der Waals surface area contributed by atoms with Gasteiger partial charge in [0.05, 0.1) is 6.20 Å². The molecule has 0 atom stereocenters. The van der Waals surface area contributed by atoms with Gasteiger partial charge in [-0.05, 0) is 24.6 Å². The van der Waals surface area contributed by atoms with Crippen LogP contribution in [0.4, 0.5) is 0 Å². The fourth-order valence-electron chi connectivity index (χ4n) is 2.07. The minimum absolute atomic E-state index is 0.649. The van der Waals surface area contributed by atoms with Crippen LogP contribution in [-0.2, 0) is 0 Å². The molecule has 0 aliphatic carbocycles. The molecule has 1 aromatic heterocycles. The summed E-state index contributed by atoms with van der Waals surface area (Å²) >= 11 is 0. The van der Waals surface area contributed by atoms with Crippen LogP contribution in [0.2, 0.25) is 0 Å². The molecule has 0 radical (unpaired) electrons. The number of allylic oxidation sites excluding steroid dienone is 1. The standard InChI is InChI=1S/C18H15NO/c1-2-6-14-9-11-16(12-10-14)18-19-13-17(20-18)15-7-4-3-5-8-15/h2-13H,1H3. The molecule has 3 rings (SSSR count). The number of oxazole rings is 1. The number of benzene rings is 2. The van der Waals surface area contributed by atoms with Gasteiger partial charge in [-0.1, -0.05) is 54.6 Å². The second-order valence-corrected chi connectivity index (χ2v) is 4.52. The van der Waals surface area contributed by atoms with E-state index in [0.717, 1.165) is 16.9 Å². The first kappa shape index (κ1) is 12.4. The highest BCUT2D eigenvalue weighted by Crippen LogP contribution is 2.26. The normalized spacial score (nSPS) is 11.1. The quantitative estimate of drug-likeness (QED) is 0.660. The summed E-state index contributed by atoms with van der Waals surface area (Å²) < 4.78 is 5.83. The van der Waals surface area contributed by atoms with Crippen LogP contribution in [0.25, 0.3) is 28.9 Å². The molecule has 2 nitrogen and oxygen atoms in total. The second kappa shape index (κ2) is 5.57. The molecule has 0 N–H and O–H groups in total. The van der Waals surface area contributed by atoms with E-state index in [2.05, 4.69) is 23.2 Å². The van der Waals surface area contributed by atoms with Crippen LogP contribution >= 0.6 is 0 Å². The first-order chi connectivity index (χ1) is 9.86. The average Bonchev–Trinajstić information content (AvgIpc) is 2.99. The van der Waals surface area contributed by atoms with Crippen molar-refractivity contribution in [3.8, 4) is 22.8 Å². The number of aromatic nitrogens is 1. The average molecular weight is 261 g/mol. The van der Waals surface area contributed by atoms with Gasteiger partial charge in [0.25, 0.3) is 0 Å². The van der Waals surface area contributed by atoms with Crippen molar-refractivity contribution in [2.75, 3.05) is 0 Å². The van der Waals surface area contributed by atoms with E-state index in [0.29, 0.717) is 5.89 Å². The lowest BCUT2D eigenvalue weighted by molar-refractivity contribution is 0.589. The summed E-state index contributed by atoms with van der Waals surface area (Å²) in [5.74, 6) is 1.44. The van der Waals surface area contributed by atoms with Gasteiger partial charge in [-0.3, -0.25) is 0 Å². The van der Waals surface area contributed by atoms with E-state index in [1.54, 1.807) is 6.20 Å². The van der Waals surface area contributed by atoms with Gasteiger partial charge in [0.15, 0.2) is 5.76 Å². The third kappa shape index (κ3) is 2.54. The lowest BCUT2D eigenvalue weighted by atomic mass is 10.1. The minimum Gasteiger partial charge on any atom is -0.436 e. The Hall–Kier alpha value is -2.61. The Labute approximate surface area is 118 Å². The van der Waals surface area contributed by atoms with Gasteiger partial charge in [-0.2, -0.15) is 0 Å². The predicted octanol–water partition coefficient (Wildman–Crippen LogP) is 5.04.